The minimum atomic E-state index is -0.389. The summed E-state index contributed by atoms with van der Waals surface area (Å²) < 4.78 is 13.8. The highest BCUT2D eigenvalue weighted by molar-refractivity contribution is 5.34. The summed E-state index contributed by atoms with van der Waals surface area (Å²) in [7, 11) is 6.04. The van der Waals surface area contributed by atoms with Gasteiger partial charge in [-0.3, -0.25) is 0 Å². The van der Waals surface area contributed by atoms with Gasteiger partial charge in [-0.05, 0) is 46.7 Å². The van der Waals surface area contributed by atoms with Gasteiger partial charge in [0.2, 0.25) is 0 Å². The molecule has 1 aromatic rings. The van der Waals surface area contributed by atoms with Crippen LogP contribution in [0.2, 0.25) is 0 Å². The second kappa shape index (κ2) is 7.10. The zero-order chi connectivity index (χ0) is 13.5. The molecule has 4 heteroatoms. The van der Waals surface area contributed by atoms with Gasteiger partial charge >= 0.3 is 0 Å². The van der Waals surface area contributed by atoms with Crippen LogP contribution in [-0.2, 0) is 6.54 Å². The number of hydrogen-bond donors (Lipinski definition) is 0. The summed E-state index contributed by atoms with van der Waals surface area (Å²) in [6.45, 7) is 2.47. The van der Waals surface area contributed by atoms with Gasteiger partial charge in [0.1, 0.15) is 11.9 Å². The first kappa shape index (κ1) is 14.6. The van der Waals surface area contributed by atoms with Gasteiger partial charge in [-0.15, -0.1) is 0 Å². The van der Waals surface area contributed by atoms with Gasteiger partial charge < -0.3 is 9.80 Å². The summed E-state index contributed by atoms with van der Waals surface area (Å²) in [5, 5.41) is 8.77. The van der Waals surface area contributed by atoms with Crippen LogP contribution in [0.4, 0.5) is 4.39 Å². The number of hydrogen-bond acceptors (Lipinski definition) is 3. The standard InChI is InChI=1S/C14H20FN3/c1-17(2)8-5-9-18(3)11-13-7-4-6-12(10-16)14(13)15/h4,6-7H,5,8-9,11H2,1-3H3. The average Bonchev–Trinajstić information content (AvgIpc) is 2.31. The highest BCUT2D eigenvalue weighted by Gasteiger charge is 2.09. The SMILES string of the molecule is CN(C)CCCN(C)Cc1cccc(C#N)c1F. The Morgan fingerprint density at radius 3 is 2.56 bits per heavy atom. The van der Waals surface area contributed by atoms with Crippen LogP contribution >= 0.6 is 0 Å². The van der Waals surface area contributed by atoms with E-state index in [0.717, 1.165) is 19.5 Å². The fraction of sp³-hybridized carbons (Fsp3) is 0.500. The molecule has 0 spiro atoms. The van der Waals surface area contributed by atoms with Crippen molar-refractivity contribution in [2.75, 3.05) is 34.2 Å². The molecule has 98 valence electrons. The van der Waals surface area contributed by atoms with Crippen LogP contribution in [0.3, 0.4) is 0 Å². The van der Waals surface area contributed by atoms with Crippen molar-refractivity contribution in [3.05, 3.63) is 35.1 Å². The molecule has 0 aliphatic carbocycles. The predicted octanol–water partition coefficient (Wildman–Crippen LogP) is 2.08. The zero-order valence-corrected chi connectivity index (χ0v) is 11.3. The third-order valence-corrected chi connectivity index (χ3v) is 2.78. The molecule has 0 atom stereocenters. The second-order valence-corrected chi connectivity index (χ2v) is 4.79. The van der Waals surface area contributed by atoms with Crippen LogP contribution in [0, 0.1) is 17.1 Å². The largest absolute Gasteiger partial charge is 0.309 e. The van der Waals surface area contributed by atoms with Crippen LogP contribution in [0.1, 0.15) is 17.5 Å². The van der Waals surface area contributed by atoms with Gasteiger partial charge in [0.15, 0.2) is 0 Å². The lowest BCUT2D eigenvalue weighted by Crippen LogP contribution is -2.23. The molecule has 0 aliphatic rings. The molecule has 0 amide bonds. The maximum absolute atomic E-state index is 13.8. The van der Waals surface area contributed by atoms with Crippen LogP contribution in [0.15, 0.2) is 18.2 Å². The molecule has 1 rings (SSSR count). The topological polar surface area (TPSA) is 30.3 Å². The molecule has 18 heavy (non-hydrogen) atoms. The van der Waals surface area contributed by atoms with E-state index in [0.29, 0.717) is 12.1 Å². The smallest absolute Gasteiger partial charge is 0.145 e. The number of halogens is 1. The Kier molecular flexibility index (Phi) is 5.76. The number of nitrogens with zero attached hydrogens (tertiary/aromatic N) is 3. The first-order chi connectivity index (χ1) is 8.54. The Hall–Kier alpha value is -1.44. The quantitative estimate of drug-likeness (QED) is 0.773. The van der Waals surface area contributed by atoms with Crippen LogP contribution in [-0.4, -0.2) is 44.0 Å². The maximum atomic E-state index is 13.8. The lowest BCUT2D eigenvalue weighted by molar-refractivity contribution is 0.291. The predicted molar refractivity (Wildman–Crippen MR) is 70.6 cm³/mol. The lowest BCUT2D eigenvalue weighted by Gasteiger charge is -2.18. The van der Waals surface area contributed by atoms with Gasteiger partial charge in [-0.1, -0.05) is 12.1 Å². The van der Waals surface area contributed by atoms with Gasteiger partial charge in [0, 0.05) is 12.1 Å². The minimum Gasteiger partial charge on any atom is -0.309 e. The highest BCUT2D eigenvalue weighted by atomic mass is 19.1. The fourth-order valence-electron chi connectivity index (χ4n) is 1.81. The van der Waals surface area contributed by atoms with E-state index in [1.165, 1.54) is 6.07 Å². The van der Waals surface area contributed by atoms with E-state index >= 15 is 0 Å². The maximum Gasteiger partial charge on any atom is 0.145 e. The van der Waals surface area contributed by atoms with E-state index in [1.807, 2.05) is 27.2 Å². The molecule has 1 aromatic carbocycles. The van der Waals surface area contributed by atoms with E-state index in [-0.39, 0.29) is 11.4 Å². The average molecular weight is 249 g/mol. The Labute approximate surface area is 108 Å². The molecule has 0 radical (unpaired) electrons. The molecule has 0 bridgehead atoms. The van der Waals surface area contributed by atoms with Gasteiger partial charge in [0.25, 0.3) is 0 Å². The third kappa shape index (κ3) is 4.44. The van der Waals surface area contributed by atoms with Crippen molar-refractivity contribution in [2.24, 2.45) is 0 Å². The number of benzene rings is 1. The van der Waals surface area contributed by atoms with E-state index < -0.39 is 0 Å². The summed E-state index contributed by atoms with van der Waals surface area (Å²) in [4.78, 5) is 4.20. The van der Waals surface area contributed by atoms with Gasteiger partial charge in [-0.2, -0.15) is 5.26 Å². The summed E-state index contributed by atoms with van der Waals surface area (Å²) >= 11 is 0. The van der Waals surface area contributed by atoms with E-state index in [9.17, 15) is 4.39 Å². The molecule has 0 aliphatic heterocycles. The Balaban J connectivity index is 2.54. The molecule has 0 fully saturated rings. The van der Waals surface area contributed by atoms with E-state index in [1.54, 1.807) is 12.1 Å². The van der Waals surface area contributed by atoms with Crippen molar-refractivity contribution in [1.29, 1.82) is 5.26 Å². The zero-order valence-electron chi connectivity index (χ0n) is 11.3. The van der Waals surface area contributed by atoms with Crippen LogP contribution < -0.4 is 0 Å². The van der Waals surface area contributed by atoms with Crippen LogP contribution in [0.25, 0.3) is 0 Å². The van der Waals surface area contributed by atoms with Gasteiger partial charge in [0.05, 0.1) is 5.56 Å². The summed E-state index contributed by atoms with van der Waals surface area (Å²) in [5.74, 6) is -0.389. The van der Waals surface area contributed by atoms with Crippen LogP contribution in [0.5, 0.6) is 0 Å². The molecule has 0 N–H and O–H groups in total. The fourth-order valence-corrected chi connectivity index (χ4v) is 1.81. The Bertz CT molecular complexity index is 424. The third-order valence-electron chi connectivity index (χ3n) is 2.78. The van der Waals surface area contributed by atoms with E-state index in [4.69, 9.17) is 5.26 Å². The molecule has 3 nitrogen and oxygen atoms in total. The van der Waals surface area contributed by atoms with Crippen molar-refractivity contribution in [1.82, 2.24) is 9.80 Å². The Morgan fingerprint density at radius 1 is 1.22 bits per heavy atom. The first-order valence-corrected chi connectivity index (χ1v) is 6.05. The second-order valence-electron chi connectivity index (χ2n) is 4.79. The lowest BCUT2D eigenvalue weighted by atomic mass is 10.1. The van der Waals surface area contributed by atoms with Crippen molar-refractivity contribution < 1.29 is 4.39 Å². The number of rotatable bonds is 6. The van der Waals surface area contributed by atoms with Crippen molar-refractivity contribution in [2.45, 2.75) is 13.0 Å². The molecule has 0 saturated heterocycles. The highest BCUT2D eigenvalue weighted by Crippen LogP contribution is 2.13. The van der Waals surface area contributed by atoms with Crippen molar-refractivity contribution >= 4 is 0 Å². The van der Waals surface area contributed by atoms with Gasteiger partial charge in [-0.25, -0.2) is 4.39 Å². The Morgan fingerprint density at radius 2 is 1.94 bits per heavy atom. The molecular weight excluding hydrogens is 229 g/mol. The molecule has 0 aromatic heterocycles. The summed E-state index contributed by atoms with van der Waals surface area (Å²) in [5.41, 5.74) is 0.704. The first-order valence-electron chi connectivity index (χ1n) is 6.05. The minimum absolute atomic E-state index is 0.120. The monoisotopic (exact) mass is 249 g/mol. The number of nitriles is 1. The van der Waals surface area contributed by atoms with Crippen molar-refractivity contribution in [3.8, 4) is 6.07 Å². The normalized spacial score (nSPS) is 10.9. The summed E-state index contributed by atoms with van der Waals surface area (Å²) in [6.07, 6.45) is 1.04. The summed E-state index contributed by atoms with van der Waals surface area (Å²) in [6, 6.07) is 6.83. The molecule has 0 saturated carbocycles. The van der Waals surface area contributed by atoms with E-state index in [2.05, 4.69) is 9.80 Å². The molecular formula is C14H20FN3. The van der Waals surface area contributed by atoms with Crippen molar-refractivity contribution in [3.63, 3.8) is 0 Å². The molecule has 0 heterocycles. The molecule has 0 unspecified atom stereocenters.